The zero-order valence-corrected chi connectivity index (χ0v) is 32.0. The van der Waals surface area contributed by atoms with E-state index >= 15 is 0 Å². The number of hydrogen-bond donors (Lipinski definition) is 1. The van der Waals surface area contributed by atoms with Gasteiger partial charge in [0, 0.05) is 29.4 Å². The van der Waals surface area contributed by atoms with E-state index in [-0.39, 0.29) is 62.7 Å². The molecular weight excluding hydrogens is 635 g/mol. The molecule has 0 aliphatic heterocycles. The minimum atomic E-state index is -0.557. The summed E-state index contributed by atoms with van der Waals surface area (Å²) < 4.78 is 5.89. The van der Waals surface area contributed by atoms with Gasteiger partial charge in [0.25, 0.3) is 0 Å². The second-order valence-electron chi connectivity index (χ2n) is 18.7. The Hall–Kier alpha value is -3.61. The highest BCUT2D eigenvalue weighted by Gasteiger charge is 2.70. The molecule has 4 fully saturated rings. The van der Waals surface area contributed by atoms with E-state index in [1.165, 1.54) is 12.5 Å². The number of benzene rings is 2. The van der Waals surface area contributed by atoms with E-state index in [0.29, 0.717) is 5.92 Å². The summed E-state index contributed by atoms with van der Waals surface area (Å²) in [5, 5.41) is 11.9. The maximum Gasteiger partial charge on any atom is 0.302 e. The monoisotopic (exact) mass is 691 g/mol. The number of ether oxygens (including phenoxy) is 1. The van der Waals surface area contributed by atoms with Crippen LogP contribution in [0.15, 0.2) is 76.5 Å². The van der Waals surface area contributed by atoms with Gasteiger partial charge in [-0.15, -0.1) is 0 Å². The van der Waals surface area contributed by atoms with Gasteiger partial charge in [0.15, 0.2) is 5.78 Å². The van der Waals surface area contributed by atoms with Crippen LogP contribution in [-0.4, -0.2) is 23.8 Å². The van der Waals surface area contributed by atoms with Gasteiger partial charge in [-0.25, -0.2) is 0 Å². The fourth-order valence-electron chi connectivity index (χ4n) is 12.3. The van der Waals surface area contributed by atoms with E-state index < -0.39 is 5.41 Å². The smallest absolute Gasteiger partial charge is 0.302 e. The average Bonchev–Trinajstić information content (AvgIpc) is 3.08. The van der Waals surface area contributed by atoms with Gasteiger partial charge in [-0.1, -0.05) is 72.2 Å². The highest BCUT2D eigenvalue weighted by atomic mass is 16.5. The van der Waals surface area contributed by atoms with Gasteiger partial charge in [-0.3, -0.25) is 14.4 Å². The number of allylic oxidation sites excluding steroid dienone is 2. The second-order valence-corrected chi connectivity index (χ2v) is 18.7. The number of carbonyl (C=O) groups is 3. The van der Waals surface area contributed by atoms with Crippen molar-refractivity contribution < 1.29 is 19.1 Å². The normalized spacial score (nSPS) is 39.8. The summed E-state index contributed by atoms with van der Waals surface area (Å²) in [5.41, 5.74) is 2.39. The summed E-state index contributed by atoms with van der Waals surface area (Å²) in [6.45, 7) is 17.8. The molecule has 4 saturated carbocycles. The summed E-state index contributed by atoms with van der Waals surface area (Å²) in [7, 11) is 0. The lowest BCUT2D eigenvalue weighted by Gasteiger charge is -2.70. The molecule has 0 unspecified atom stereocenters. The van der Waals surface area contributed by atoms with E-state index in [9.17, 15) is 14.4 Å². The molecule has 51 heavy (non-hydrogen) atoms. The molecule has 7 rings (SSSR count). The molecule has 0 saturated heterocycles. The largest absolute Gasteiger partial charge is 0.462 e. The molecule has 7 heteroatoms. The number of esters is 1. The predicted octanol–water partition coefficient (Wildman–Crippen LogP) is 11.0. The molecule has 2 aromatic rings. The van der Waals surface area contributed by atoms with Crippen LogP contribution >= 0.6 is 0 Å². The molecule has 1 N–H and O–H groups in total. The zero-order chi connectivity index (χ0) is 36.6. The van der Waals surface area contributed by atoms with E-state index in [2.05, 4.69) is 70.1 Å². The van der Waals surface area contributed by atoms with Crippen molar-refractivity contribution in [3.8, 4) is 0 Å². The molecule has 5 aliphatic carbocycles. The Morgan fingerprint density at radius 3 is 2.10 bits per heavy atom. The third-order valence-corrected chi connectivity index (χ3v) is 15.5. The van der Waals surface area contributed by atoms with Crippen molar-refractivity contribution >= 4 is 34.7 Å². The molecule has 0 heterocycles. The van der Waals surface area contributed by atoms with E-state index in [1.54, 1.807) is 0 Å². The summed E-state index contributed by atoms with van der Waals surface area (Å²) in [5.74, 6) is 0.494. The van der Waals surface area contributed by atoms with Crippen molar-refractivity contribution in [3.05, 3.63) is 66.2 Å². The number of azo groups is 1. The Bertz CT molecular complexity index is 1780. The maximum absolute atomic E-state index is 14.8. The summed E-state index contributed by atoms with van der Waals surface area (Å²) in [6.07, 6.45) is 10.4. The van der Waals surface area contributed by atoms with Gasteiger partial charge < -0.3 is 10.1 Å². The molecule has 2 aromatic carbocycles. The van der Waals surface area contributed by atoms with Crippen molar-refractivity contribution in [2.24, 2.45) is 60.5 Å². The number of anilines is 1. The van der Waals surface area contributed by atoms with Crippen LogP contribution in [0.2, 0.25) is 0 Å². The molecule has 0 radical (unpaired) electrons. The predicted molar refractivity (Wildman–Crippen MR) is 201 cm³/mol. The van der Waals surface area contributed by atoms with E-state index in [0.717, 1.165) is 74.8 Å². The third kappa shape index (κ3) is 5.63. The zero-order valence-electron chi connectivity index (χ0n) is 32.0. The van der Waals surface area contributed by atoms with Crippen LogP contribution in [0.3, 0.4) is 0 Å². The first-order valence-electron chi connectivity index (χ1n) is 19.3. The van der Waals surface area contributed by atoms with Crippen LogP contribution in [0.25, 0.3) is 0 Å². The molecule has 5 aliphatic rings. The van der Waals surface area contributed by atoms with Gasteiger partial charge in [0.05, 0.1) is 11.4 Å². The first-order valence-corrected chi connectivity index (χ1v) is 19.3. The van der Waals surface area contributed by atoms with Crippen LogP contribution in [0, 0.1) is 50.2 Å². The summed E-state index contributed by atoms with van der Waals surface area (Å²) >= 11 is 0. The summed E-state index contributed by atoms with van der Waals surface area (Å²) in [6, 6.07) is 17.2. The Morgan fingerprint density at radius 1 is 0.784 bits per heavy atom. The van der Waals surface area contributed by atoms with Crippen LogP contribution in [0.1, 0.15) is 113 Å². The first-order chi connectivity index (χ1) is 24.0. The topological polar surface area (TPSA) is 97.2 Å². The van der Waals surface area contributed by atoms with Crippen molar-refractivity contribution in [1.29, 1.82) is 0 Å². The number of amides is 1. The van der Waals surface area contributed by atoms with Crippen LogP contribution in [-0.2, 0) is 19.1 Å². The van der Waals surface area contributed by atoms with Gasteiger partial charge in [-0.05, 0) is 134 Å². The molecule has 0 spiro atoms. The minimum Gasteiger partial charge on any atom is -0.462 e. The number of ketones is 1. The lowest BCUT2D eigenvalue weighted by atomic mass is 9.33. The second kappa shape index (κ2) is 12.2. The number of hydrogen-bond acceptors (Lipinski definition) is 6. The van der Waals surface area contributed by atoms with E-state index in [1.807, 2.05) is 54.6 Å². The molecule has 7 nitrogen and oxygen atoms in total. The van der Waals surface area contributed by atoms with Crippen LogP contribution in [0.4, 0.5) is 17.1 Å². The number of nitrogens with one attached hydrogen (secondary N) is 1. The lowest BCUT2D eigenvalue weighted by molar-refractivity contribution is -0.210. The number of rotatable bonds is 5. The Balaban J connectivity index is 1.14. The van der Waals surface area contributed by atoms with Crippen molar-refractivity contribution in [3.63, 3.8) is 0 Å². The van der Waals surface area contributed by atoms with Gasteiger partial charge in [0.1, 0.15) is 6.10 Å². The highest BCUT2D eigenvalue weighted by molar-refractivity contribution is 5.97. The maximum atomic E-state index is 14.8. The van der Waals surface area contributed by atoms with Crippen molar-refractivity contribution in [2.75, 3.05) is 5.32 Å². The number of fused-ring (bicyclic) bond motifs is 7. The average molecular weight is 692 g/mol. The van der Waals surface area contributed by atoms with Gasteiger partial charge in [-0.2, -0.15) is 10.2 Å². The molecule has 0 aromatic heterocycles. The molecule has 9 atom stereocenters. The Kier molecular flexibility index (Phi) is 8.58. The Morgan fingerprint density at radius 2 is 1.43 bits per heavy atom. The highest BCUT2D eigenvalue weighted by Crippen LogP contribution is 2.75. The van der Waals surface area contributed by atoms with Gasteiger partial charge in [0.2, 0.25) is 5.91 Å². The van der Waals surface area contributed by atoms with Crippen LogP contribution < -0.4 is 5.32 Å². The molecule has 272 valence electrons. The molecule has 1 amide bonds. The number of nitrogens with zero attached hydrogens (tertiary/aromatic N) is 2. The van der Waals surface area contributed by atoms with E-state index in [4.69, 9.17) is 4.74 Å². The molecular formula is C44H57N3O4. The standard InChI is InChI=1S/C44H57N3O4/c1-28(48)51-36-19-20-42(6)35(39(36,2)3)18-21-44(8)37(42)34(49)26-32-33-27-41(5,23-22-40(33,4)24-25-43(32,44)7)38(50)45-29-14-16-31(17-15-29)47-46-30-12-10-9-11-13-30/h9-17,26,33,35-37H,18-25,27H2,1-8H3,(H,45,50)/t33-,35-,36+,37-,40-,41+,42-,43+,44-/m1/s1. The summed E-state index contributed by atoms with van der Waals surface area (Å²) in [4.78, 5) is 41.0. The molecule has 0 bridgehead atoms. The van der Waals surface area contributed by atoms with Crippen molar-refractivity contribution in [2.45, 2.75) is 119 Å². The quantitative estimate of drug-likeness (QED) is 0.249. The first kappa shape index (κ1) is 35.8. The lowest BCUT2D eigenvalue weighted by Crippen LogP contribution is -2.66. The Labute approximate surface area is 304 Å². The number of carbonyl (C=O) groups excluding carboxylic acids is 3. The van der Waals surface area contributed by atoms with Gasteiger partial charge >= 0.3 is 5.97 Å². The minimum absolute atomic E-state index is 0.0436. The van der Waals surface area contributed by atoms with Crippen molar-refractivity contribution in [1.82, 2.24) is 0 Å². The fraction of sp³-hybridized carbons (Fsp3) is 0.614. The SMILES string of the molecule is CC(=O)O[C@H]1CC[C@]2(C)[C@H](CC[C@]3(C)[C@@H]2C(=O)C=C2[C@H]4C[C@@](C)(C(=O)Nc5ccc(N=Nc6ccccc6)cc5)CC[C@]4(C)CC[C@@]23C)C1(C)C. The third-order valence-electron chi connectivity index (χ3n) is 15.5. The fourth-order valence-corrected chi connectivity index (χ4v) is 12.3. The van der Waals surface area contributed by atoms with Crippen LogP contribution in [0.5, 0.6) is 0 Å².